The molecule has 0 unspecified atom stereocenters. The average molecular weight is 401 g/mol. The van der Waals surface area contributed by atoms with Gasteiger partial charge in [-0.2, -0.15) is 8.78 Å². The molecule has 3 aromatic rings. The highest BCUT2D eigenvalue weighted by Crippen LogP contribution is 2.23. The zero-order valence-corrected chi connectivity index (χ0v) is 15.8. The van der Waals surface area contributed by atoms with E-state index >= 15 is 0 Å². The van der Waals surface area contributed by atoms with Gasteiger partial charge in [-0.05, 0) is 43.3 Å². The number of carbonyl (C=O) groups excluding carboxylic acids is 1. The molecule has 0 saturated carbocycles. The molecule has 0 aliphatic rings. The number of aryl methyl sites for hydroxylation is 1. The normalized spacial score (nSPS) is 10.8. The Kier molecular flexibility index (Phi) is 6.72. The number of anilines is 2. The van der Waals surface area contributed by atoms with Gasteiger partial charge in [-0.3, -0.25) is 4.79 Å². The van der Waals surface area contributed by atoms with E-state index in [-0.39, 0.29) is 11.7 Å². The van der Waals surface area contributed by atoms with E-state index in [2.05, 4.69) is 25.6 Å². The summed E-state index contributed by atoms with van der Waals surface area (Å²) >= 11 is 0. The first-order valence-corrected chi connectivity index (χ1v) is 9.12. The maximum Gasteiger partial charge on any atom is 0.387 e. The second-order valence-electron chi connectivity index (χ2n) is 6.11. The maximum atomic E-state index is 12.6. The molecule has 152 valence electrons. The molecule has 0 aliphatic carbocycles. The first kappa shape index (κ1) is 20.2. The minimum Gasteiger partial charge on any atom is -0.435 e. The molecule has 1 aromatic heterocycles. The van der Waals surface area contributed by atoms with E-state index in [1.54, 1.807) is 42.7 Å². The summed E-state index contributed by atoms with van der Waals surface area (Å²) in [5.74, 6) is 0.648. The summed E-state index contributed by atoms with van der Waals surface area (Å²) < 4.78 is 30.8. The summed E-state index contributed by atoms with van der Waals surface area (Å²) in [5.41, 5.74) is 1.71. The third-order valence-corrected chi connectivity index (χ3v) is 4.20. The Morgan fingerprint density at radius 1 is 1.17 bits per heavy atom. The molecule has 0 spiro atoms. The number of nitrogens with one attached hydrogen (secondary N) is 2. The van der Waals surface area contributed by atoms with Crippen molar-refractivity contribution < 1.29 is 18.3 Å². The smallest absolute Gasteiger partial charge is 0.387 e. The molecule has 0 aliphatic heterocycles. The molecule has 0 radical (unpaired) electrons. The van der Waals surface area contributed by atoms with Crippen LogP contribution in [0.3, 0.4) is 0 Å². The molecule has 0 fully saturated rings. The fraction of sp³-hybridized carbons (Fsp3) is 0.250. The second-order valence-corrected chi connectivity index (χ2v) is 6.11. The van der Waals surface area contributed by atoms with Gasteiger partial charge in [0.25, 0.3) is 5.91 Å². The van der Waals surface area contributed by atoms with Crippen LogP contribution in [0.5, 0.6) is 5.75 Å². The molecule has 2 aromatic carbocycles. The lowest BCUT2D eigenvalue weighted by Crippen LogP contribution is -2.27. The van der Waals surface area contributed by atoms with Gasteiger partial charge in [-0.15, -0.1) is 10.2 Å². The Morgan fingerprint density at radius 3 is 2.66 bits per heavy atom. The number of rotatable bonds is 9. The van der Waals surface area contributed by atoms with Crippen molar-refractivity contribution in [1.29, 1.82) is 0 Å². The predicted molar refractivity (Wildman–Crippen MR) is 105 cm³/mol. The van der Waals surface area contributed by atoms with Gasteiger partial charge in [0.15, 0.2) is 0 Å². The number of nitrogens with zero attached hydrogens (tertiary/aromatic N) is 3. The molecule has 0 atom stereocenters. The zero-order valence-electron chi connectivity index (χ0n) is 15.8. The first-order chi connectivity index (χ1) is 14.1. The third-order valence-electron chi connectivity index (χ3n) is 4.20. The van der Waals surface area contributed by atoms with Crippen LogP contribution in [-0.2, 0) is 13.0 Å². The summed E-state index contributed by atoms with van der Waals surface area (Å²) in [5, 5.41) is 13.9. The summed E-state index contributed by atoms with van der Waals surface area (Å²) in [6.07, 6.45) is 2.23. The van der Waals surface area contributed by atoms with Gasteiger partial charge in [-0.25, -0.2) is 0 Å². The number of amides is 1. The van der Waals surface area contributed by atoms with Crippen molar-refractivity contribution >= 4 is 17.3 Å². The van der Waals surface area contributed by atoms with Crippen LogP contribution in [-0.4, -0.2) is 33.8 Å². The van der Waals surface area contributed by atoms with Crippen LogP contribution in [0.2, 0.25) is 0 Å². The SMILES string of the molecule is CCn1cnnc1CCNC(=O)c1ccccc1Nc1ccc(OC(F)F)cc1. The van der Waals surface area contributed by atoms with E-state index in [1.807, 2.05) is 11.5 Å². The monoisotopic (exact) mass is 401 g/mol. The number of aromatic nitrogens is 3. The molecule has 1 amide bonds. The van der Waals surface area contributed by atoms with Crippen LogP contribution in [0, 0.1) is 0 Å². The summed E-state index contributed by atoms with van der Waals surface area (Å²) in [6.45, 7) is 0.319. The highest BCUT2D eigenvalue weighted by atomic mass is 19.3. The molecule has 9 heteroatoms. The number of benzene rings is 2. The molecule has 1 heterocycles. The van der Waals surface area contributed by atoms with Gasteiger partial charge >= 0.3 is 6.61 Å². The van der Waals surface area contributed by atoms with E-state index in [0.717, 1.165) is 12.4 Å². The zero-order chi connectivity index (χ0) is 20.6. The van der Waals surface area contributed by atoms with Crippen molar-refractivity contribution in [1.82, 2.24) is 20.1 Å². The van der Waals surface area contributed by atoms with Crippen molar-refractivity contribution in [3.63, 3.8) is 0 Å². The lowest BCUT2D eigenvalue weighted by molar-refractivity contribution is -0.0498. The van der Waals surface area contributed by atoms with Gasteiger partial charge in [0.05, 0.1) is 11.3 Å². The van der Waals surface area contributed by atoms with Crippen molar-refractivity contribution in [2.45, 2.75) is 26.5 Å². The molecular weight excluding hydrogens is 380 g/mol. The highest BCUT2D eigenvalue weighted by molar-refractivity contribution is 6.00. The molecule has 2 N–H and O–H groups in total. The number of hydrogen-bond donors (Lipinski definition) is 2. The second kappa shape index (κ2) is 9.63. The van der Waals surface area contributed by atoms with Gasteiger partial charge < -0.3 is 19.9 Å². The maximum absolute atomic E-state index is 12.6. The lowest BCUT2D eigenvalue weighted by Gasteiger charge is -2.13. The van der Waals surface area contributed by atoms with Gasteiger partial charge in [0.2, 0.25) is 0 Å². The number of para-hydroxylation sites is 1. The fourth-order valence-electron chi connectivity index (χ4n) is 2.79. The van der Waals surface area contributed by atoms with E-state index in [4.69, 9.17) is 0 Å². The largest absolute Gasteiger partial charge is 0.435 e. The topological polar surface area (TPSA) is 81.1 Å². The Morgan fingerprint density at radius 2 is 1.93 bits per heavy atom. The molecular formula is C20H21F2N5O2. The minimum absolute atomic E-state index is 0.0662. The Labute approximate surface area is 166 Å². The molecule has 3 rings (SSSR count). The van der Waals surface area contributed by atoms with Crippen molar-refractivity contribution in [3.8, 4) is 5.75 Å². The van der Waals surface area contributed by atoms with Crippen LogP contribution in [0.4, 0.5) is 20.2 Å². The lowest BCUT2D eigenvalue weighted by atomic mass is 10.1. The van der Waals surface area contributed by atoms with Gasteiger partial charge in [-0.1, -0.05) is 12.1 Å². The standard InChI is InChI=1S/C20H21F2N5O2/c1-2-27-13-24-26-18(27)11-12-23-19(28)16-5-3-4-6-17(16)25-14-7-9-15(10-8-14)29-20(21)22/h3-10,13,20,25H,2,11-12H2,1H3,(H,23,28). The number of alkyl halides is 2. The minimum atomic E-state index is -2.87. The van der Waals surface area contributed by atoms with Crippen LogP contribution >= 0.6 is 0 Å². The van der Waals surface area contributed by atoms with E-state index in [9.17, 15) is 13.6 Å². The third kappa shape index (κ3) is 5.50. The Bertz CT molecular complexity index is 944. The first-order valence-electron chi connectivity index (χ1n) is 9.12. The van der Waals surface area contributed by atoms with Crippen LogP contribution in [0.25, 0.3) is 0 Å². The number of halogens is 2. The molecule has 0 bridgehead atoms. The quantitative estimate of drug-likeness (QED) is 0.572. The Hall–Kier alpha value is -3.49. The van der Waals surface area contributed by atoms with Gasteiger partial charge in [0.1, 0.15) is 17.9 Å². The average Bonchev–Trinajstić information content (AvgIpc) is 3.17. The Balaban J connectivity index is 1.62. The number of carbonyl (C=O) groups is 1. The van der Waals surface area contributed by atoms with E-state index in [1.165, 1.54) is 12.1 Å². The van der Waals surface area contributed by atoms with Crippen molar-refractivity contribution in [2.24, 2.45) is 0 Å². The fourth-order valence-corrected chi connectivity index (χ4v) is 2.79. The van der Waals surface area contributed by atoms with E-state index < -0.39 is 6.61 Å². The predicted octanol–water partition coefficient (Wildman–Crippen LogP) is 3.62. The summed E-state index contributed by atoms with van der Waals surface area (Å²) in [7, 11) is 0. The van der Waals surface area contributed by atoms with Crippen LogP contribution < -0.4 is 15.4 Å². The van der Waals surface area contributed by atoms with Crippen molar-refractivity contribution in [3.05, 3.63) is 66.2 Å². The molecule has 0 saturated heterocycles. The molecule has 7 nitrogen and oxygen atoms in total. The van der Waals surface area contributed by atoms with E-state index in [0.29, 0.717) is 29.9 Å². The molecule has 29 heavy (non-hydrogen) atoms. The van der Waals surface area contributed by atoms with Crippen LogP contribution in [0.15, 0.2) is 54.9 Å². The van der Waals surface area contributed by atoms with Crippen molar-refractivity contribution in [2.75, 3.05) is 11.9 Å². The van der Waals surface area contributed by atoms with Crippen LogP contribution in [0.1, 0.15) is 23.1 Å². The summed E-state index contributed by atoms with van der Waals surface area (Å²) in [6, 6.07) is 13.1. The van der Waals surface area contributed by atoms with Gasteiger partial charge in [0, 0.05) is 25.2 Å². The highest BCUT2D eigenvalue weighted by Gasteiger charge is 2.12. The summed E-state index contributed by atoms with van der Waals surface area (Å²) in [4.78, 5) is 12.6. The number of ether oxygens (including phenoxy) is 1. The number of hydrogen-bond acceptors (Lipinski definition) is 5.